The van der Waals surface area contributed by atoms with Gasteiger partial charge in [0, 0.05) is 12.0 Å². The maximum Gasteiger partial charge on any atom is 0.223 e. The third kappa shape index (κ3) is 1.72. The minimum Gasteiger partial charge on any atom is -0.353 e. The standard InChI is InChI=1S/C11H19NO/c1-3-8(2)12-10(13)9-6-11(7-9)4-5-11/h8-9H,3-7H2,1-2H3,(H,12,13)/t8-/m1/s1. The normalized spacial score (nSPS) is 26.6. The molecule has 0 aromatic carbocycles. The fourth-order valence-corrected chi connectivity index (χ4v) is 2.22. The summed E-state index contributed by atoms with van der Waals surface area (Å²) in [6.45, 7) is 4.18. The molecular formula is C11H19NO. The Bertz CT molecular complexity index is 212. The second kappa shape index (κ2) is 3.00. The smallest absolute Gasteiger partial charge is 0.223 e. The van der Waals surface area contributed by atoms with E-state index in [-0.39, 0.29) is 0 Å². The van der Waals surface area contributed by atoms with Crippen molar-refractivity contribution in [3.05, 3.63) is 0 Å². The lowest BCUT2D eigenvalue weighted by Crippen LogP contribution is -2.42. The second-order valence-electron chi connectivity index (χ2n) is 4.92. The first-order chi connectivity index (χ1) is 6.15. The van der Waals surface area contributed by atoms with Gasteiger partial charge in [0.25, 0.3) is 0 Å². The summed E-state index contributed by atoms with van der Waals surface area (Å²) in [6, 6.07) is 0.350. The lowest BCUT2D eigenvalue weighted by molar-refractivity contribution is -0.130. The molecule has 13 heavy (non-hydrogen) atoms. The van der Waals surface area contributed by atoms with Crippen LogP contribution in [0.5, 0.6) is 0 Å². The Morgan fingerprint density at radius 3 is 2.62 bits per heavy atom. The average molecular weight is 181 g/mol. The third-order valence-electron chi connectivity index (χ3n) is 3.69. The van der Waals surface area contributed by atoms with E-state index in [1.165, 1.54) is 12.8 Å². The summed E-state index contributed by atoms with van der Waals surface area (Å²) in [6.07, 6.45) is 6.11. The molecule has 0 unspecified atom stereocenters. The fourth-order valence-electron chi connectivity index (χ4n) is 2.22. The van der Waals surface area contributed by atoms with E-state index < -0.39 is 0 Å². The molecule has 1 amide bonds. The molecular weight excluding hydrogens is 162 g/mol. The molecule has 0 saturated heterocycles. The van der Waals surface area contributed by atoms with Crippen molar-refractivity contribution in [3.8, 4) is 0 Å². The number of rotatable bonds is 3. The maximum atomic E-state index is 11.6. The highest BCUT2D eigenvalue weighted by Crippen LogP contribution is 2.63. The predicted octanol–water partition coefficient (Wildman–Crippen LogP) is 2.09. The van der Waals surface area contributed by atoms with Crippen LogP contribution in [0.4, 0.5) is 0 Å². The van der Waals surface area contributed by atoms with Crippen molar-refractivity contribution < 1.29 is 4.79 Å². The summed E-state index contributed by atoms with van der Waals surface area (Å²) in [5, 5.41) is 3.06. The molecule has 1 N–H and O–H groups in total. The topological polar surface area (TPSA) is 29.1 Å². The van der Waals surface area contributed by atoms with Crippen LogP contribution in [0.1, 0.15) is 46.0 Å². The van der Waals surface area contributed by atoms with E-state index in [2.05, 4.69) is 19.2 Å². The van der Waals surface area contributed by atoms with Gasteiger partial charge in [-0.1, -0.05) is 6.92 Å². The maximum absolute atomic E-state index is 11.6. The van der Waals surface area contributed by atoms with Gasteiger partial charge in [0.05, 0.1) is 0 Å². The van der Waals surface area contributed by atoms with Crippen molar-refractivity contribution in [1.29, 1.82) is 0 Å². The van der Waals surface area contributed by atoms with Gasteiger partial charge in [0.15, 0.2) is 0 Å². The Labute approximate surface area is 80.1 Å². The second-order valence-corrected chi connectivity index (χ2v) is 4.92. The van der Waals surface area contributed by atoms with Crippen LogP contribution in [0, 0.1) is 11.3 Å². The molecule has 74 valence electrons. The van der Waals surface area contributed by atoms with Gasteiger partial charge in [-0.3, -0.25) is 4.79 Å². The van der Waals surface area contributed by atoms with Gasteiger partial charge in [-0.05, 0) is 44.4 Å². The van der Waals surface area contributed by atoms with Crippen LogP contribution >= 0.6 is 0 Å². The van der Waals surface area contributed by atoms with Crippen LogP contribution in [-0.4, -0.2) is 11.9 Å². The van der Waals surface area contributed by atoms with Gasteiger partial charge in [-0.15, -0.1) is 0 Å². The molecule has 0 radical (unpaired) electrons. The van der Waals surface area contributed by atoms with Gasteiger partial charge < -0.3 is 5.32 Å². The lowest BCUT2D eigenvalue weighted by atomic mass is 9.71. The molecule has 2 heteroatoms. The molecule has 1 atom stereocenters. The van der Waals surface area contributed by atoms with E-state index in [9.17, 15) is 4.79 Å². The zero-order valence-corrected chi connectivity index (χ0v) is 8.60. The van der Waals surface area contributed by atoms with Crippen LogP contribution in [0.15, 0.2) is 0 Å². The minimum atomic E-state index is 0.298. The summed E-state index contributed by atoms with van der Waals surface area (Å²) in [4.78, 5) is 11.6. The monoisotopic (exact) mass is 181 g/mol. The van der Waals surface area contributed by atoms with E-state index in [0.717, 1.165) is 19.3 Å². The van der Waals surface area contributed by atoms with Crippen LogP contribution in [-0.2, 0) is 4.79 Å². The van der Waals surface area contributed by atoms with E-state index >= 15 is 0 Å². The highest BCUT2D eigenvalue weighted by molar-refractivity contribution is 5.80. The Hall–Kier alpha value is -0.530. The van der Waals surface area contributed by atoms with Crippen molar-refractivity contribution in [2.75, 3.05) is 0 Å². The Morgan fingerprint density at radius 2 is 2.15 bits per heavy atom. The number of hydrogen-bond donors (Lipinski definition) is 1. The van der Waals surface area contributed by atoms with Gasteiger partial charge in [-0.25, -0.2) is 0 Å². The van der Waals surface area contributed by atoms with Crippen LogP contribution < -0.4 is 5.32 Å². The predicted molar refractivity (Wildman–Crippen MR) is 52.3 cm³/mol. The number of carbonyl (C=O) groups is 1. The zero-order chi connectivity index (χ0) is 9.47. The molecule has 0 aromatic rings. The van der Waals surface area contributed by atoms with Gasteiger partial charge >= 0.3 is 0 Å². The summed E-state index contributed by atoms with van der Waals surface area (Å²) >= 11 is 0. The van der Waals surface area contributed by atoms with Gasteiger partial charge in [0.1, 0.15) is 0 Å². The zero-order valence-electron chi connectivity index (χ0n) is 8.60. The molecule has 0 bridgehead atoms. The van der Waals surface area contributed by atoms with Crippen molar-refractivity contribution in [1.82, 2.24) is 5.32 Å². The van der Waals surface area contributed by atoms with Crippen LogP contribution in [0.3, 0.4) is 0 Å². The number of hydrogen-bond acceptors (Lipinski definition) is 1. The first kappa shape index (κ1) is 9.04. The molecule has 2 saturated carbocycles. The number of carbonyl (C=O) groups excluding carboxylic acids is 1. The Morgan fingerprint density at radius 1 is 1.54 bits per heavy atom. The first-order valence-electron chi connectivity index (χ1n) is 5.45. The van der Waals surface area contributed by atoms with Crippen molar-refractivity contribution in [2.45, 2.75) is 52.0 Å². The van der Waals surface area contributed by atoms with Crippen molar-refractivity contribution in [3.63, 3.8) is 0 Å². The largest absolute Gasteiger partial charge is 0.353 e. The highest BCUT2D eigenvalue weighted by Gasteiger charge is 2.54. The average Bonchev–Trinajstić information content (AvgIpc) is 2.80. The quantitative estimate of drug-likeness (QED) is 0.709. The lowest BCUT2D eigenvalue weighted by Gasteiger charge is -2.35. The molecule has 2 rings (SSSR count). The molecule has 2 aliphatic carbocycles. The molecule has 1 spiro atoms. The summed E-state index contributed by atoms with van der Waals surface area (Å²) in [5.41, 5.74) is 0.650. The summed E-state index contributed by atoms with van der Waals surface area (Å²) in [5.74, 6) is 0.642. The van der Waals surface area contributed by atoms with Gasteiger partial charge in [-0.2, -0.15) is 0 Å². The molecule has 2 aliphatic rings. The Kier molecular flexibility index (Phi) is 2.09. The van der Waals surface area contributed by atoms with Crippen LogP contribution in [0.25, 0.3) is 0 Å². The van der Waals surface area contributed by atoms with E-state index in [1.807, 2.05) is 0 Å². The summed E-state index contributed by atoms with van der Waals surface area (Å²) in [7, 11) is 0. The van der Waals surface area contributed by atoms with Crippen molar-refractivity contribution >= 4 is 5.91 Å². The third-order valence-corrected chi connectivity index (χ3v) is 3.69. The van der Waals surface area contributed by atoms with E-state index in [0.29, 0.717) is 23.3 Å². The highest BCUT2D eigenvalue weighted by atomic mass is 16.2. The molecule has 2 nitrogen and oxygen atoms in total. The van der Waals surface area contributed by atoms with Crippen molar-refractivity contribution in [2.24, 2.45) is 11.3 Å². The molecule has 2 fully saturated rings. The van der Waals surface area contributed by atoms with E-state index in [4.69, 9.17) is 0 Å². The fraction of sp³-hybridized carbons (Fsp3) is 0.909. The minimum absolute atomic E-state index is 0.298. The molecule has 0 aliphatic heterocycles. The molecule has 0 heterocycles. The van der Waals surface area contributed by atoms with Crippen LogP contribution in [0.2, 0.25) is 0 Å². The summed E-state index contributed by atoms with van der Waals surface area (Å²) < 4.78 is 0. The molecule has 0 aromatic heterocycles. The number of nitrogens with one attached hydrogen (secondary N) is 1. The first-order valence-corrected chi connectivity index (χ1v) is 5.45. The SMILES string of the molecule is CC[C@@H](C)NC(=O)C1CC2(CC2)C1. The van der Waals surface area contributed by atoms with E-state index in [1.54, 1.807) is 0 Å². The van der Waals surface area contributed by atoms with Gasteiger partial charge in [0.2, 0.25) is 5.91 Å². The Balaban J connectivity index is 1.73. The number of amides is 1.